The monoisotopic (exact) mass is 315 g/mol. The fourth-order valence-corrected chi connectivity index (χ4v) is 14.6. The first-order valence-electron chi connectivity index (χ1n) is 7.22. The Morgan fingerprint density at radius 2 is 1.29 bits per heavy atom. The molecule has 3 nitrogen and oxygen atoms in total. The molecule has 0 saturated carbocycles. The number of hydrogen-bond acceptors (Lipinski definition) is 2. The first kappa shape index (κ1) is 17.5. The van der Waals surface area contributed by atoms with E-state index in [-0.39, 0.29) is 0 Å². The summed E-state index contributed by atoms with van der Waals surface area (Å²) in [4.78, 5) is 0. The Hall–Kier alpha value is 0.533. The summed E-state index contributed by atoms with van der Waals surface area (Å²) in [6, 6.07) is 0. The molecule has 0 aliphatic carbocycles. The average Bonchev–Trinajstić information content (AvgIpc) is 2.25. The van der Waals surface area contributed by atoms with E-state index in [4.69, 9.17) is 0 Å². The van der Waals surface area contributed by atoms with E-state index in [1.165, 1.54) is 25.7 Å². The van der Waals surface area contributed by atoms with E-state index in [1.54, 1.807) is 0 Å². The molecule has 0 atom stereocenters. The van der Waals surface area contributed by atoms with Gasteiger partial charge in [0.25, 0.3) is 0 Å². The molecule has 0 aliphatic heterocycles. The summed E-state index contributed by atoms with van der Waals surface area (Å²) in [6.45, 7) is 4.26. The summed E-state index contributed by atoms with van der Waals surface area (Å²) >= 11 is -2.69. The Labute approximate surface area is 111 Å². The van der Waals surface area contributed by atoms with Gasteiger partial charge in [0, 0.05) is 0 Å². The van der Waals surface area contributed by atoms with Crippen LogP contribution >= 0.6 is 0 Å². The third kappa shape index (κ3) is 10.2. The third-order valence-electron chi connectivity index (χ3n) is 3.51. The van der Waals surface area contributed by atoms with Crippen LogP contribution in [0.4, 0.5) is 0 Å². The third-order valence-corrected chi connectivity index (χ3v) is 19.4. The van der Waals surface area contributed by atoms with E-state index in [0.29, 0.717) is 0 Å². The van der Waals surface area contributed by atoms with E-state index in [9.17, 15) is 13.0 Å². The molecule has 0 amide bonds. The fraction of sp³-hybridized carbons (Fsp3) is 1.00. The van der Waals surface area contributed by atoms with Gasteiger partial charge in [0.15, 0.2) is 0 Å². The van der Waals surface area contributed by atoms with Crippen molar-refractivity contribution in [2.75, 3.05) is 0 Å². The zero-order valence-corrected chi connectivity index (χ0v) is 15.2. The second kappa shape index (κ2) is 10.5. The van der Waals surface area contributed by atoms with Gasteiger partial charge < -0.3 is 0 Å². The van der Waals surface area contributed by atoms with Crippen LogP contribution in [-0.4, -0.2) is 13.0 Å². The molecule has 0 bridgehead atoms. The second-order valence-corrected chi connectivity index (χ2v) is 21.3. The van der Waals surface area contributed by atoms with Gasteiger partial charge in [-0.05, 0) is 0 Å². The zero-order valence-electron chi connectivity index (χ0n) is 11.5. The summed E-state index contributed by atoms with van der Waals surface area (Å²) in [7, 11) is -3.63. The van der Waals surface area contributed by atoms with Crippen molar-refractivity contribution >= 4 is 8.11 Å². The summed E-state index contributed by atoms with van der Waals surface area (Å²) in [5, 5.41) is 1.63. The normalized spacial score (nSPS) is 11.7. The molecule has 0 aromatic rings. The Bertz CT molecular complexity index is 265. The predicted molar refractivity (Wildman–Crippen MR) is 69.4 cm³/mol. The van der Waals surface area contributed by atoms with E-state index in [0.717, 1.165) is 35.7 Å². The van der Waals surface area contributed by atoms with Gasteiger partial charge in [-0.3, -0.25) is 0 Å². The predicted octanol–water partition coefficient (Wildman–Crippen LogP) is 4.40. The van der Waals surface area contributed by atoms with Crippen LogP contribution in [0.25, 0.3) is 0 Å². The first-order valence-corrected chi connectivity index (χ1v) is 16.7. The number of hydrogen-bond donors (Lipinski definition) is 1. The maximum absolute atomic E-state index is 11.3. The van der Waals surface area contributed by atoms with Crippen molar-refractivity contribution < 1.29 is 27.7 Å². The van der Waals surface area contributed by atoms with Crippen LogP contribution in [0, 0.1) is 0 Å². The van der Waals surface area contributed by atoms with Crippen LogP contribution in [0.1, 0.15) is 65.2 Å². The van der Waals surface area contributed by atoms with Gasteiger partial charge in [-0.1, -0.05) is 0 Å². The van der Waals surface area contributed by atoms with Crippen molar-refractivity contribution in [3.05, 3.63) is 0 Å². The summed E-state index contributed by atoms with van der Waals surface area (Å²) in [5.74, 6) is 0. The van der Waals surface area contributed by atoms with Crippen molar-refractivity contribution in [3.63, 3.8) is 0 Å². The molecule has 5 heteroatoms. The molecule has 0 spiro atoms. The topological polar surface area (TPSA) is 54.4 Å². The number of unbranched alkanes of at least 4 members (excludes halogenated alkanes) is 6. The average molecular weight is 317 g/mol. The van der Waals surface area contributed by atoms with Crippen molar-refractivity contribution in [1.82, 2.24) is 0 Å². The van der Waals surface area contributed by atoms with Gasteiger partial charge in [-0.15, -0.1) is 0 Å². The van der Waals surface area contributed by atoms with Crippen molar-refractivity contribution in [1.29, 1.82) is 0 Å². The van der Waals surface area contributed by atoms with E-state index < -0.39 is 22.8 Å². The van der Waals surface area contributed by atoms with Gasteiger partial charge in [0.05, 0.1) is 0 Å². The first-order chi connectivity index (χ1) is 8.02. The number of rotatable bonds is 11. The Morgan fingerprint density at radius 1 is 0.824 bits per heavy atom. The maximum atomic E-state index is 11.3. The van der Waals surface area contributed by atoms with Gasteiger partial charge in [0.1, 0.15) is 0 Å². The van der Waals surface area contributed by atoms with Crippen LogP contribution in [-0.2, 0) is 22.8 Å². The Kier molecular flexibility index (Phi) is 10.8. The van der Waals surface area contributed by atoms with E-state index >= 15 is 0 Å². The molecule has 0 rings (SSSR count). The molecule has 0 heterocycles. The molecule has 0 unspecified atom stereocenters. The van der Waals surface area contributed by atoms with Gasteiger partial charge in [-0.25, -0.2) is 0 Å². The summed E-state index contributed by atoms with van der Waals surface area (Å²) in [5.41, 5.74) is 0. The minimum absolute atomic E-state index is 0.810. The van der Waals surface area contributed by atoms with Gasteiger partial charge in [0.2, 0.25) is 0 Å². The van der Waals surface area contributed by atoms with Crippen LogP contribution in [0.3, 0.4) is 0 Å². The molecule has 1 N–H and O–H groups in total. The van der Waals surface area contributed by atoms with Gasteiger partial charge >= 0.3 is 111 Å². The molecule has 0 fully saturated rings. The van der Waals surface area contributed by atoms with Crippen LogP contribution in [0.2, 0.25) is 10.0 Å². The molecule has 0 aromatic heterocycles. The van der Waals surface area contributed by atoms with Crippen molar-refractivity contribution in [3.8, 4) is 0 Å². The molecule has 17 heavy (non-hydrogen) atoms. The van der Waals surface area contributed by atoms with Crippen LogP contribution in [0.5, 0.6) is 0 Å². The Balaban J connectivity index is 3.77. The van der Waals surface area contributed by atoms with Crippen LogP contribution < -0.4 is 0 Å². The van der Waals surface area contributed by atoms with Crippen LogP contribution in [0.15, 0.2) is 0 Å². The fourth-order valence-electron chi connectivity index (χ4n) is 2.31. The second-order valence-electron chi connectivity index (χ2n) is 5.17. The summed E-state index contributed by atoms with van der Waals surface area (Å²) in [6.07, 6.45) is 9.13. The SMILES string of the molecule is CCCCCCC[CH2][Zn]([CH2]CCC)[S](=O)(=O)O. The zero-order chi connectivity index (χ0) is 13.1. The Morgan fingerprint density at radius 3 is 1.82 bits per heavy atom. The molecule has 0 aromatic carbocycles. The molecular formula is C12H27O3SZn. The minimum atomic E-state index is -3.63. The van der Waals surface area contributed by atoms with E-state index in [1.807, 2.05) is 0 Å². The van der Waals surface area contributed by atoms with Crippen molar-refractivity contribution in [2.45, 2.75) is 75.2 Å². The van der Waals surface area contributed by atoms with Crippen molar-refractivity contribution in [2.24, 2.45) is 0 Å². The molecule has 0 aliphatic rings. The standard InChI is InChI=1S/C8H17.C4H9.HO3S.Zn/c1-3-5-7-8-6-4-2;1-3-4-2;1-4(2)3;/h1,3-8H2,2H3;1,3-4H2,2H3;(H,1,2,3);. The molecule has 101 valence electrons. The molecular weight excluding hydrogens is 290 g/mol. The molecule has 0 saturated heterocycles. The summed E-state index contributed by atoms with van der Waals surface area (Å²) < 4.78 is 31.7. The van der Waals surface area contributed by atoms with Gasteiger partial charge in [-0.2, -0.15) is 0 Å². The molecule has 0 radical (unpaired) electrons. The van der Waals surface area contributed by atoms with E-state index in [2.05, 4.69) is 13.8 Å². The quantitative estimate of drug-likeness (QED) is 0.349.